The van der Waals surface area contributed by atoms with E-state index in [0.29, 0.717) is 12.2 Å². The summed E-state index contributed by atoms with van der Waals surface area (Å²) in [5.74, 6) is 6.11. The summed E-state index contributed by atoms with van der Waals surface area (Å²) in [6, 6.07) is 20.3. The van der Waals surface area contributed by atoms with Crippen LogP contribution in [0.2, 0.25) is 0 Å². The van der Waals surface area contributed by atoms with Gasteiger partial charge < -0.3 is 9.50 Å². The SMILES string of the molecule is CSOCc1cc(C#Cc2ccc(NC(=O)c3ccccc3)cc2)ccn1. The molecule has 0 saturated carbocycles. The number of carbonyl (C=O) groups is 1. The highest BCUT2D eigenvalue weighted by molar-refractivity contribution is 7.93. The van der Waals surface area contributed by atoms with Crippen molar-refractivity contribution in [3.8, 4) is 11.8 Å². The Morgan fingerprint density at radius 3 is 2.52 bits per heavy atom. The maximum Gasteiger partial charge on any atom is 0.255 e. The first-order valence-electron chi connectivity index (χ1n) is 8.33. The molecule has 1 heterocycles. The van der Waals surface area contributed by atoms with Crippen molar-refractivity contribution in [2.24, 2.45) is 0 Å². The number of aromatic nitrogens is 1. The van der Waals surface area contributed by atoms with Gasteiger partial charge >= 0.3 is 0 Å². The fourth-order valence-electron chi connectivity index (χ4n) is 2.33. The second-order valence-corrected chi connectivity index (χ2v) is 6.18. The van der Waals surface area contributed by atoms with Crippen LogP contribution in [0, 0.1) is 11.8 Å². The van der Waals surface area contributed by atoms with Crippen molar-refractivity contribution in [3.63, 3.8) is 0 Å². The van der Waals surface area contributed by atoms with Gasteiger partial charge in [-0.15, -0.1) is 0 Å². The van der Waals surface area contributed by atoms with E-state index < -0.39 is 0 Å². The molecule has 2 aromatic carbocycles. The van der Waals surface area contributed by atoms with Gasteiger partial charge in [-0.25, -0.2) is 0 Å². The monoisotopic (exact) mass is 374 g/mol. The molecule has 0 radical (unpaired) electrons. The minimum Gasteiger partial charge on any atom is -0.322 e. The molecule has 5 heteroatoms. The first kappa shape index (κ1) is 18.7. The summed E-state index contributed by atoms with van der Waals surface area (Å²) >= 11 is 1.31. The third-order valence-corrected chi connectivity index (χ3v) is 4.02. The summed E-state index contributed by atoms with van der Waals surface area (Å²) in [5.41, 5.74) is 3.95. The second-order valence-electron chi connectivity index (χ2n) is 5.61. The molecule has 1 aromatic heterocycles. The largest absolute Gasteiger partial charge is 0.322 e. The first-order chi connectivity index (χ1) is 13.2. The highest BCUT2D eigenvalue weighted by Crippen LogP contribution is 2.11. The summed E-state index contributed by atoms with van der Waals surface area (Å²) in [7, 11) is 0. The summed E-state index contributed by atoms with van der Waals surface area (Å²) in [6.07, 6.45) is 3.60. The Kier molecular flexibility index (Phi) is 6.64. The molecule has 1 amide bonds. The number of pyridine rings is 1. The molecule has 0 aliphatic rings. The van der Waals surface area contributed by atoms with Crippen LogP contribution in [0.1, 0.15) is 27.2 Å². The van der Waals surface area contributed by atoms with E-state index in [4.69, 9.17) is 4.18 Å². The predicted octanol–water partition coefficient (Wildman–Crippen LogP) is 4.53. The van der Waals surface area contributed by atoms with Crippen molar-refractivity contribution < 1.29 is 8.98 Å². The molecule has 3 rings (SSSR count). The van der Waals surface area contributed by atoms with E-state index in [-0.39, 0.29) is 5.91 Å². The van der Waals surface area contributed by atoms with Crippen molar-refractivity contribution in [2.75, 3.05) is 11.6 Å². The van der Waals surface area contributed by atoms with Crippen LogP contribution in [0.5, 0.6) is 0 Å². The number of benzene rings is 2. The van der Waals surface area contributed by atoms with Crippen molar-refractivity contribution in [1.29, 1.82) is 0 Å². The first-order valence-corrected chi connectivity index (χ1v) is 9.48. The lowest BCUT2D eigenvalue weighted by molar-refractivity contribution is 0.102. The second kappa shape index (κ2) is 9.58. The Morgan fingerprint density at radius 1 is 1.04 bits per heavy atom. The number of anilines is 1. The van der Waals surface area contributed by atoms with Gasteiger partial charge in [-0.2, -0.15) is 0 Å². The van der Waals surface area contributed by atoms with E-state index in [1.807, 2.05) is 60.9 Å². The van der Waals surface area contributed by atoms with Crippen LogP contribution < -0.4 is 5.32 Å². The number of nitrogens with zero attached hydrogens (tertiary/aromatic N) is 1. The summed E-state index contributed by atoms with van der Waals surface area (Å²) in [6.45, 7) is 0.451. The van der Waals surface area contributed by atoms with Crippen molar-refractivity contribution in [2.45, 2.75) is 6.61 Å². The van der Waals surface area contributed by atoms with Gasteiger partial charge in [0.2, 0.25) is 0 Å². The highest BCUT2D eigenvalue weighted by atomic mass is 32.2. The molecule has 3 aromatic rings. The maximum atomic E-state index is 12.2. The van der Waals surface area contributed by atoms with Crippen LogP contribution in [0.4, 0.5) is 5.69 Å². The third-order valence-electron chi connectivity index (χ3n) is 3.67. The lowest BCUT2D eigenvalue weighted by atomic mass is 10.1. The topological polar surface area (TPSA) is 51.2 Å². The maximum absolute atomic E-state index is 12.2. The number of nitrogens with one attached hydrogen (secondary N) is 1. The zero-order valence-electron chi connectivity index (χ0n) is 14.8. The van der Waals surface area contributed by atoms with Gasteiger partial charge in [-0.3, -0.25) is 9.78 Å². The molecule has 4 nitrogen and oxygen atoms in total. The molecule has 1 N–H and O–H groups in total. The standard InChI is InChI=1S/C22H18N2O2S/c1-27-26-16-21-15-18(13-14-23-21)8-7-17-9-11-20(12-10-17)24-22(25)19-5-3-2-4-6-19/h2-6,9-15H,16H2,1H3,(H,24,25). The van der Waals surface area contributed by atoms with Gasteiger partial charge in [-0.1, -0.05) is 30.0 Å². The van der Waals surface area contributed by atoms with Crippen molar-refractivity contribution >= 4 is 23.6 Å². The van der Waals surface area contributed by atoms with Crippen molar-refractivity contribution in [3.05, 3.63) is 95.3 Å². The van der Waals surface area contributed by atoms with E-state index in [1.54, 1.807) is 18.3 Å². The van der Waals surface area contributed by atoms with E-state index >= 15 is 0 Å². The minimum absolute atomic E-state index is 0.133. The predicted molar refractivity (Wildman–Crippen MR) is 109 cm³/mol. The number of hydrogen-bond donors (Lipinski definition) is 1. The average Bonchev–Trinajstić information content (AvgIpc) is 2.72. The molecule has 0 bridgehead atoms. The summed E-state index contributed by atoms with van der Waals surface area (Å²) < 4.78 is 5.29. The molecule has 0 unspecified atom stereocenters. The Bertz CT molecular complexity index is 961. The Hall–Kier alpha value is -3.07. The Labute approximate surface area is 163 Å². The smallest absolute Gasteiger partial charge is 0.255 e. The van der Waals surface area contributed by atoms with E-state index in [2.05, 4.69) is 22.1 Å². The van der Waals surface area contributed by atoms with Crippen LogP contribution >= 0.6 is 12.0 Å². The minimum atomic E-state index is -0.133. The van der Waals surface area contributed by atoms with E-state index in [0.717, 1.165) is 22.5 Å². The Balaban J connectivity index is 1.65. The molecule has 0 atom stereocenters. The fourth-order valence-corrected chi connectivity index (χ4v) is 2.57. The number of hydrogen-bond acceptors (Lipinski definition) is 4. The molecule has 27 heavy (non-hydrogen) atoms. The van der Waals surface area contributed by atoms with Crippen LogP contribution in [0.15, 0.2) is 72.9 Å². The Morgan fingerprint density at radius 2 is 1.78 bits per heavy atom. The quantitative estimate of drug-likeness (QED) is 0.527. The lowest BCUT2D eigenvalue weighted by Gasteiger charge is -2.05. The lowest BCUT2D eigenvalue weighted by Crippen LogP contribution is -2.11. The van der Waals surface area contributed by atoms with Gasteiger partial charge in [0, 0.05) is 34.8 Å². The number of amides is 1. The number of carbonyl (C=O) groups excluding carboxylic acids is 1. The molecule has 0 fully saturated rings. The summed E-state index contributed by atoms with van der Waals surface area (Å²) in [5, 5.41) is 2.87. The molecule has 0 saturated heterocycles. The number of rotatable bonds is 5. The van der Waals surface area contributed by atoms with Gasteiger partial charge in [0.1, 0.15) is 6.61 Å². The molecule has 0 aliphatic heterocycles. The van der Waals surface area contributed by atoms with Crippen LogP contribution in [0.3, 0.4) is 0 Å². The van der Waals surface area contributed by atoms with Gasteiger partial charge in [0.25, 0.3) is 5.91 Å². The van der Waals surface area contributed by atoms with Crippen LogP contribution in [-0.2, 0) is 10.8 Å². The van der Waals surface area contributed by atoms with Crippen LogP contribution in [0.25, 0.3) is 0 Å². The molecular formula is C22H18N2O2S. The fraction of sp³-hybridized carbons (Fsp3) is 0.0909. The highest BCUT2D eigenvalue weighted by Gasteiger charge is 2.04. The van der Waals surface area contributed by atoms with E-state index in [1.165, 1.54) is 12.0 Å². The van der Waals surface area contributed by atoms with Crippen LogP contribution in [-0.4, -0.2) is 17.1 Å². The zero-order chi connectivity index (χ0) is 18.9. The molecule has 134 valence electrons. The van der Waals surface area contributed by atoms with E-state index in [9.17, 15) is 4.79 Å². The zero-order valence-corrected chi connectivity index (χ0v) is 15.6. The molecule has 0 aliphatic carbocycles. The normalized spacial score (nSPS) is 9.96. The summed E-state index contributed by atoms with van der Waals surface area (Å²) in [4.78, 5) is 16.4. The van der Waals surface area contributed by atoms with Gasteiger partial charge in [-0.05, 0) is 60.6 Å². The van der Waals surface area contributed by atoms with Gasteiger partial charge in [0.15, 0.2) is 0 Å². The average molecular weight is 374 g/mol. The molecular weight excluding hydrogens is 356 g/mol. The third kappa shape index (κ3) is 5.71. The van der Waals surface area contributed by atoms with Gasteiger partial charge in [0.05, 0.1) is 5.69 Å². The molecule has 0 spiro atoms. The van der Waals surface area contributed by atoms with Crippen molar-refractivity contribution in [1.82, 2.24) is 4.98 Å².